The van der Waals surface area contributed by atoms with Gasteiger partial charge in [-0.25, -0.2) is 18.0 Å². The molecule has 1 saturated heterocycles. The number of fused-ring (bicyclic) bond motifs is 1. The molecule has 1 aromatic heterocycles. The molecule has 0 unspecified atom stereocenters. The Morgan fingerprint density at radius 1 is 1.07 bits per heavy atom. The molecule has 1 amide bonds. The number of nitrogens with one attached hydrogen (secondary N) is 1. The van der Waals surface area contributed by atoms with Crippen LogP contribution in [-0.2, 0) is 16.9 Å². The van der Waals surface area contributed by atoms with Crippen LogP contribution in [0.15, 0.2) is 66.9 Å². The first-order chi connectivity index (χ1) is 21.2. The molecule has 2 N–H and O–H groups in total. The van der Waals surface area contributed by atoms with Gasteiger partial charge in [0.05, 0.1) is 29.8 Å². The second-order valence-corrected chi connectivity index (χ2v) is 10.7. The van der Waals surface area contributed by atoms with Crippen molar-refractivity contribution in [3.63, 3.8) is 0 Å². The minimum atomic E-state index is -2.93. The smallest absolute Gasteiger partial charge is 0.407 e. The van der Waals surface area contributed by atoms with Crippen LogP contribution in [0.3, 0.4) is 0 Å². The van der Waals surface area contributed by atoms with Gasteiger partial charge in [-0.1, -0.05) is 30.3 Å². The molecule has 0 radical (unpaired) electrons. The predicted molar refractivity (Wildman–Crippen MR) is 160 cm³/mol. The van der Waals surface area contributed by atoms with Gasteiger partial charge < -0.3 is 29.5 Å². The molecule has 5 rings (SSSR count). The number of rotatable bonds is 10. The highest BCUT2D eigenvalue weighted by atomic mass is 19.3. The molecule has 0 bridgehead atoms. The molecule has 0 saturated carbocycles. The van der Waals surface area contributed by atoms with Crippen LogP contribution >= 0.6 is 0 Å². The fraction of sp³-hybridized carbons (Fsp3) is 0.333. The van der Waals surface area contributed by atoms with Crippen molar-refractivity contribution in [2.45, 2.75) is 44.4 Å². The number of benzene rings is 3. The van der Waals surface area contributed by atoms with Crippen molar-refractivity contribution >= 4 is 22.7 Å². The molecule has 1 aliphatic heterocycles. The second kappa shape index (κ2) is 13.0. The number of ether oxygens (including phenoxy) is 3. The molecule has 2 heterocycles. The van der Waals surface area contributed by atoms with Gasteiger partial charge in [0.15, 0.2) is 0 Å². The first kappa shape index (κ1) is 30.9. The van der Waals surface area contributed by atoms with Crippen LogP contribution < -0.4 is 14.8 Å². The van der Waals surface area contributed by atoms with Crippen LogP contribution in [0, 0.1) is 5.82 Å². The average molecular weight is 610 g/mol. The predicted octanol–water partition coefficient (Wildman–Crippen LogP) is 7.69. The number of carbonyl (C=O) groups is 1. The normalized spacial score (nSPS) is 15.3. The van der Waals surface area contributed by atoms with Gasteiger partial charge in [0.25, 0.3) is 6.43 Å². The Kier molecular flexibility index (Phi) is 9.14. The van der Waals surface area contributed by atoms with Crippen LogP contribution in [0.2, 0.25) is 0 Å². The molecule has 8 nitrogen and oxygen atoms in total. The lowest BCUT2D eigenvalue weighted by atomic mass is 9.82. The van der Waals surface area contributed by atoms with Crippen LogP contribution in [0.25, 0.3) is 10.9 Å². The fourth-order valence-electron chi connectivity index (χ4n) is 5.68. The standard InChI is InChI=1S/C33H34F3N3O5/c1-20(23-5-4-6-24(30(23)34)31(35)36)38-27-11-14-37-28-18-29(44-19-21-7-9-22(42-2)10-8-21)26(17-25(27)28)33(43-3)12-15-39(16-13-33)32(40)41/h4-11,14,17-18,20,31H,12-13,15-16,19H2,1-3H3,(H,37,38)(H,40,41)/t20-/m1/s1. The number of hydrogen-bond donors (Lipinski definition) is 2. The summed E-state index contributed by atoms with van der Waals surface area (Å²) in [4.78, 5) is 17.6. The lowest BCUT2D eigenvalue weighted by Crippen LogP contribution is -2.45. The van der Waals surface area contributed by atoms with E-state index >= 15 is 0 Å². The van der Waals surface area contributed by atoms with Gasteiger partial charge in [-0.2, -0.15) is 0 Å². The molecular formula is C33H34F3N3O5. The number of alkyl halides is 2. The molecule has 0 aliphatic carbocycles. The summed E-state index contributed by atoms with van der Waals surface area (Å²) in [6, 6.07) is 16.3. The van der Waals surface area contributed by atoms with Crippen molar-refractivity contribution in [2.24, 2.45) is 0 Å². The summed E-state index contributed by atoms with van der Waals surface area (Å²) in [5.74, 6) is 0.314. The van der Waals surface area contributed by atoms with Gasteiger partial charge in [-0.15, -0.1) is 0 Å². The largest absolute Gasteiger partial charge is 0.497 e. The Hall–Kier alpha value is -4.51. The molecule has 1 atom stereocenters. The second-order valence-electron chi connectivity index (χ2n) is 10.7. The number of aromatic nitrogens is 1. The van der Waals surface area contributed by atoms with Crippen LogP contribution in [-0.4, -0.2) is 48.4 Å². The van der Waals surface area contributed by atoms with Gasteiger partial charge in [0.2, 0.25) is 0 Å². The lowest BCUT2D eigenvalue weighted by molar-refractivity contribution is -0.0598. The van der Waals surface area contributed by atoms with Gasteiger partial charge in [0, 0.05) is 54.7 Å². The van der Waals surface area contributed by atoms with Crippen molar-refractivity contribution in [1.82, 2.24) is 9.88 Å². The summed E-state index contributed by atoms with van der Waals surface area (Å²) in [7, 11) is 3.19. The summed E-state index contributed by atoms with van der Waals surface area (Å²) in [6.45, 7) is 2.49. The van der Waals surface area contributed by atoms with E-state index < -0.39 is 35.5 Å². The van der Waals surface area contributed by atoms with E-state index in [1.165, 1.54) is 17.0 Å². The van der Waals surface area contributed by atoms with Crippen molar-refractivity contribution in [3.8, 4) is 11.5 Å². The number of hydrogen-bond acceptors (Lipinski definition) is 6. The highest BCUT2D eigenvalue weighted by Crippen LogP contribution is 2.44. The third kappa shape index (κ3) is 6.23. The Labute approximate surface area is 253 Å². The molecule has 3 aromatic carbocycles. The van der Waals surface area contributed by atoms with E-state index in [0.29, 0.717) is 35.2 Å². The average Bonchev–Trinajstić information content (AvgIpc) is 3.03. The number of amides is 1. The number of anilines is 1. The van der Waals surface area contributed by atoms with Crippen LogP contribution in [0.1, 0.15) is 54.5 Å². The Morgan fingerprint density at radius 2 is 1.77 bits per heavy atom. The topological polar surface area (TPSA) is 93.2 Å². The van der Waals surface area contributed by atoms with E-state index in [1.54, 1.807) is 33.4 Å². The van der Waals surface area contributed by atoms with E-state index in [9.17, 15) is 23.1 Å². The van der Waals surface area contributed by atoms with E-state index in [4.69, 9.17) is 14.2 Å². The van der Waals surface area contributed by atoms with Crippen molar-refractivity contribution in [2.75, 3.05) is 32.6 Å². The summed E-state index contributed by atoms with van der Waals surface area (Å²) in [6.07, 6.45) is -1.53. The fourth-order valence-corrected chi connectivity index (χ4v) is 5.68. The monoisotopic (exact) mass is 609 g/mol. The number of nitrogens with zero attached hydrogens (tertiary/aromatic N) is 2. The molecular weight excluding hydrogens is 575 g/mol. The molecule has 44 heavy (non-hydrogen) atoms. The van der Waals surface area contributed by atoms with Gasteiger partial charge in [0.1, 0.15) is 23.9 Å². The van der Waals surface area contributed by atoms with Gasteiger partial charge in [-0.3, -0.25) is 4.98 Å². The number of pyridine rings is 1. The Morgan fingerprint density at radius 3 is 2.41 bits per heavy atom. The first-order valence-corrected chi connectivity index (χ1v) is 14.2. The molecule has 11 heteroatoms. The molecule has 232 valence electrons. The van der Waals surface area contributed by atoms with Gasteiger partial charge in [-0.05, 0) is 49.6 Å². The van der Waals surface area contributed by atoms with E-state index in [1.807, 2.05) is 36.4 Å². The summed E-state index contributed by atoms with van der Waals surface area (Å²) >= 11 is 0. The van der Waals surface area contributed by atoms with Crippen LogP contribution in [0.5, 0.6) is 11.5 Å². The number of likely N-dealkylation sites (tertiary alicyclic amines) is 1. The van der Waals surface area contributed by atoms with Gasteiger partial charge >= 0.3 is 6.09 Å². The van der Waals surface area contributed by atoms with Crippen molar-refractivity contribution < 1.29 is 37.3 Å². The third-order valence-electron chi connectivity index (χ3n) is 8.25. The summed E-state index contributed by atoms with van der Waals surface area (Å²) in [5, 5.41) is 13.5. The number of carboxylic acid groups (broad SMARTS) is 1. The SMILES string of the molecule is COc1ccc(COc2cc3nccc(N[C@H](C)c4cccc(C(F)F)c4F)c3cc2C2(OC)CCN(C(=O)O)CC2)cc1. The zero-order valence-electron chi connectivity index (χ0n) is 24.6. The third-order valence-corrected chi connectivity index (χ3v) is 8.25. The highest BCUT2D eigenvalue weighted by Gasteiger charge is 2.40. The van der Waals surface area contributed by atoms with E-state index in [2.05, 4.69) is 10.3 Å². The maximum Gasteiger partial charge on any atom is 0.407 e. The molecule has 1 fully saturated rings. The molecule has 1 aliphatic rings. The lowest BCUT2D eigenvalue weighted by Gasteiger charge is -2.41. The molecule has 4 aromatic rings. The zero-order valence-corrected chi connectivity index (χ0v) is 24.6. The van der Waals surface area contributed by atoms with Crippen LogP contribution in [0.4, 0.5) is 23.7 Å². The first-order valence-electron chi connectivity index (χ1n) is 14.2. The quantitative estimate of drug-likeness (QED) is 0.190. The highest BCUT2D eigenvalue weighted by molar-refractivity contribution is 5.93. The van der Waals surface area contributed by atoms with E-state index in [-0.39, 0.29) is 25.3 Å². The minimum Gasteiger partial charge on any atom is -0.497 e. The summed E-state index contributed by atoms with van der Waals surface area (Å²) in [5.41, 5.74) is 1.45. The van der Waals surface area contributed by atoms with Crippen molar-refractivity contribution in [1.29, 1.82) is 0 Å². The number of piperidine rings is 1. The maximum absolute atomic E-state index is 15.0. The minimum absolute atomic E-state index is 0.113. The number of halogens is 3. The van der Waals surface area contributed by atoms with Crippen molar-refractivity contribution in [3.05, 3.63) is 94.9 Å². The zero-order chi connectivity index (χ0) is 31.4. The summed E-state index contributed by atoms with van der Waals surface area (Å²) < 4.78 is 59.5. The Balaban J connectivity index is 1.55. The number of methoxy groups -OCH3 is 2. The molecule has 0 spiro atoms. The maximum atomic E-state index is 15.0. The Bertz CT molecular complexity index is 1630. The van der Waals surface area contributed by atoms with E-state index in [0.717, 1.165) is 22.9 Å².